The van der Waals surface area contributed by atoms with Crippen molar-refractivity contribution in [1.29, 1.82) is 0 Å². The Morgan fingerprint density at radius 3 is 2.52 bits per heavy atom. The topological polar surface area (TPSA) is 58.2 Å². The number of benzene rings is 2. The van der Waals surface area contributed by atoms with Gasteiger partial charge in [-0.1, -0.05) is 23.7 Å². The quantitative estimate of drug-likeness (QED) is 0.800. The number of quaternary nitrogens is 1. The van der Waals surface area contributed by atoms with E-state index in [-0.39, 0.29) is 18.0 Å². The van der Waals surface area contributed by atoms with E-state index in [2.05, 4.69) is 17.1 Å². The molecule has 0 radical (unpaired) electrons. The largest absolute Gasteiger partial charge is 0.378 e. The summed E-state index contributed by atoms with van der Waals surface area (Å²) in [5, 5.41) is 5.76. The molecule has 0 saturated carbocycles. The Morgan fingerprint density at radius 2 is 1.85 bits per heavy atom. The molecule has 1 heterocycles. The lowest BCUT2D eigenvalue weighted by Gasteiger charge is -2.28. The second kappa shape index (κ2) is 9.22. The molecule has 6 heteroatoms. The smallest absolute Gasteiger partial charge is 0.282 e. The molecule has 2 atom stereocenters. The van der Waals surface area contributed by atoms with Crippen molar-refractivity contribution in [2.45, 2.75) is 25.9 Å². The number of halogens is 1. The molecule has 0 unspecified atom stereocenters. The Morgan fingerprint density at radius 1 is 1.15 bits per heavy atom. The summed E-state index contributed by atoms with van der Waals surface area (Å²) < 4.78 is 5.38. The molecular formula is C21H27ClN3O2+. The number of anilines is 2. The van der Waals surface area contributed by atoms with Crippen LogP contribution in [0.5, 0.6) is 0 Å². The highest BCUT2D eigenvalue weighted by atomic mass is 35.5. The average Bonchev–Trinajstić information content (AvgIpc) is 2.69. The van der Waals surface area contributed by atoms with E-state index in [1.54, 1.807) is 0 Å². The van der Waals surface area contributed by atoms with E-state index in [4.69, 9.17) is 16.3 Å². The van der Waals surface area contributed by atoms with Gasteiger partial charge in [-0.15, -0.1) is 0 Å². The minimum Gasteiger partial charge on any atom is -0.378 e. The van der Waals surface area contributed by atoms with Crippen LogP contribution in [0.4, 0.5) is 11.4 Å². The third kappa shape index (κ3) is 5.45. The minimum atomic E-state index is -0.210. The molecule has 0 aromatic heterocycles. The molecule has 1 amide bonds. The molecule has 3 rings (SSSR count). The summed E-state index contributed by atoms with van der Waals surface area (Å²) in [4.78, 5) is 14.8. The molecule has 0 spiro atoms. The number of rotatable bonds is 6. The molecule has 1 fully saturated rings. The lowest BCUT2D eigenvalue weighted by atomic mass is 10.1. The normalized spacial score (nSPS) is 16.6. The van der Waals surface area contributed by atoms with Crippen molar-refractivity contribution in [3.05, 3.63) is 59.1 Å². The van der Waals surface area contributed by atoms with Gasteiger partial charge in [0, 0.05) is 35.1 Å². The van der Waals surface area contributed by atoms with Crippen molar-refractivity contribution in [3.8, 4) is 0 Å². The van der Waals surface area contributed by atoms with Crippen LogP contribution < -0.4 is 15.5 Å². The third-order valence-corrected chi connectivity index (χ3v) is 5.11. The molecule has 1 saturated heterocycles. The highest BCUT2D eigenvalue weighted by Gasteiger charge is 2.20. The molecule has 2 aromatic rings. The van der Waals surface area contributed by atoms with Gasteiger partial charge in [-0.25, -0.2) is 0 Å². The highest BCUT2D eigenvalue weighted by Crippen LogP contribution is 2.19. The van der Waals surface area contributed by atoms with Crippen molar-refractivity contribution >= 4 is 28.9 Å². The van der Waals surface area contributed by atoms with Gasteiger partial charge in [0.1, 0.15) is 6.04 Å². The molecule has 3 N–H and O–H groups in total. The van der Waals surface area contributed by atoms with Gasteiger partial charge in [0.2, 0.25) is 0 Å². The molecule has 1 aliphatic rings. The first kappa shape index (κ1) is 19.7. The Balaban J connectivity index is 1.54. The number of nitrogens with one attached hydrogen (secondary N) is 1. The summed E-state index contributed by atoms with van der Waals surface area (Å²) in [5.74, 6) is -0.0111. The second-order valence-corrected chi connectivity index (χ2v) is 7.40. The predicted molar refractivity (Wildman–Crippen MR) is 109 cm³/mol. The van der Waals surface area contributed by atoms with Crippen LogP contribution in [0.25, 0.3) is 0 Å². The van der Waals surface area contributed by atoms with E-state index in [1.165, 1.54) is 0 Å². The first-order chi connectivity index (χ1) is 13.0. The van der Waals surface area contributed by atoms with Crippen molar-refractivity contribution < 1.29 is 14.8 Å². The van der Waals surface area contributed by atoms with Gasteiger partial charge >= 0.3 is 0 Å². The second-order valence-electron chi connectivity index (χ2n) is 6.96. The Bertz CT molecular complexity index is 760. The van der Waals surface area contributed by atoms with Crippen molar-refractivity contribution in [1.82, 2.24) is 0 Å². The summed E-state index contributed by atoms with van der Waals surface area (Å²) in [6.45, 7) is 7.32. The van der Waals surface area contributed by atoms with Gasteiger partial charge < -0.3 is 20.3 Å². The zero-order chi connectivity index (χ0) is 19.2. The highest BCUT2D eigenvalue weighted by molar-refractivity contribution is 6.30. The summed E-state index contributed by atoms with van der Waals surface area (Å²) in [7, 11) is 0. The Hall–Kier alpha value is -2.08. The van der Waals surface area contributed by atoms with E-state index in [0.29, 0.717) is 5.02 Å². The standard InChI is InChI=1S/C21H26ClN3O2/c1-15(17-4-3-5-18(22)14-17)23-16(2)21(26)24-19-6-8-20(9-7-19)25-10-12-27-13-11-25/h3-9,14-16,23H,10-13H2,1-2H3,(H,24,26)/p+1/t15-,16+/m0/s1. The van der Waals surface area contributed by atoms with Crippen LogP contribution in [0.2, 0.25) is 5.02 Å². The van der Waals surface area contributed by atoms with Gasteiger partial charge in [-0.3, -0.25) is 4.79 Å². The molecule has 0 aliphatic carbocycles. The number of carbonyl (C=O) groups is 1. The number of hydrogen-bond donors (Lipinski definition) is 2. The lowest BCUT2D eigenvalue weighted by Crippen LogP contribution is -2.91. The van der Waals surface area contributed by atoms with Gasteiger partial charge in [-0.05, 0) is 50.2 Å². The number of hydrogen-bond acceptors (Lipinski definition) is 3. The predicted octanol–water partition coefficient (Wildman–Crippen LogP) is 2.83. The summed E-state index contributed by atoms with van der Waals surface area (Å²) in [6, 6.07) is 15.7. The molecule has 5 nitrogen and oxygen atoms in total. The van der Waals surface area contributed by atoms with E-state index in [9.17, 15) is 4.79 Å². The van der Waals surface area contributed by atoms with Gasteiger partial charge in [0.25, 0.3) is 5.91 Å². The van der Waals surface area contributed by atoms with Crippen LogP contribution in [0.3, 0.4) is 0 Å². The van der Waals surface area contributed by atoms with E-state index >= 15 is 0 Å². The maximum atomic E-state index is 12.5. The molecular weight excluding hydrogens is 362 g/mol. The summed E-state index contributed by atoms with van der Waals surface area (Å²) in [5.41, 5.74) is 3.08. The number of carbonyl (C=O) groups excluding carboxylic acids is 1. The number of nitrogens with two attached hydrogens (primary N) is 1. The average molecular weight is 389 g/mol. The van der Waals surface area contributed by atoms with Crippen LogP contribution in [-0.2, 0) is 9.53 Å². The van der Waals surface area contributed by atoms with Crippen LogP contribution in [0.15, 0.2) is 48.5 Å². The third-order valence-electron chi connectivity index (χ3n) is 4.88. The zero-order valence-electron chi connectivity index (χ0n) is 15.8. The van der Waals surface area contributed by atoms with Gasteiger partial charge in [0.15, 0.2) is 6.04 Å². The van der Waals surface area contributed by atoms with Crippen molar-refractivity contribution in [3.63, 3.8) is 0 Å². The van der Waals surface area contributed by atoms with Crippen LogP contribution in [0.1, 0.15) is 25.5 Å². The lowest BCUT2D eigenvalue weighted by molar-refractivity contribution is -0.709. The SMILES string of the molecule is C[C@H]([NH2+][C@H](C)C(=O)Nc1ccc(N2CCOCC2)cc1)c1cccc(Cl)c1. The first-order valence-electron chi connectivity index (χ1n) is 9.37. The summed E-state index contributed by atoms with van der Waals surface area (Å²) >= 11 is 6.06. The van der Waals surface area contributed by atoms with E-state index in [0.717, 1.165) is 43.2 Å². The molecule has 1 aliphatic heterocycles. The maximum Gasteiger partial charge on any atom is 0.282 e. The first-order valence-corrected chi connectivity index (χ1v) is 9.75. The van der Waals surface area contributed by atoms with Crippen molar-refractivity contribution in [2.75, 3.05) is 36.5 Å². The number of amides is 1. The number of nitrogens with zero attached hydrogens (tertiary/aromatic N) is 1. The zero-order valence-corrected chi connectivity index (χ0v) is 16.6. The van der Waals surface area contributed by atoms with Gasteiger partial charge in [0.05, 0.1) is 13.2 Å². The minimum absolute atomic E-state index is 0.0111. The van der Waals surface area contributed by atoms with Crippen LogP contribution in [0, 0.1) is 0 Å². The van der Waals surface area contributed by atoms with E-state index < -0.39 is 0 Å². The fourth-order valence-corrected chi connectivity index (χ4v) is 3.45. The molecule has 144 valence electrons. The Kier molecular flexibility index (Phi) is 6.72. The van der Waals surface area contributed by atoms with Crippen LogP contribution in [-0.4, -0.2) is 38.3 Å². The van der Waals surface area contributed by atoms with Crippen molar-refractivity contribution in [2.24, 2.45) is 0 Å². The monoisotopic (exact) mass is 388 g/mol. The molecule has 0 bridgehead atoms. The van der Waals surface area contributed by atoms with Gasteiger partial charge in [-0.2, -0.15) is 0 Å². The summed E-state index contributed by atoms with van der Waals surface area (Å²) in [6.07, 6.45) is 0. The molecule has 2 aromatic carbocycles. The van der Waals surface area contributed by atoms with Crippen LogP contribution >= 0.6 is 11.6 Å². The Labute approximate surface area is 165 Å². The molecule has 27 heavy (non-hydrogen) atoms. The fraction of sp³-hybridized carbons (Fsp3) is 0.381. The van der Waals surface area contributed by atoms with E-state index in [1.807, 2.05) is 60.8 Å². The maximum absolute atomic E-state index is 12.5. The number of morpholine rings is 1. The fourth-order valence-electron chi connectivity index (χ4n) is 3.25. The number of ether oxygens (including phenoxy) is 1.